The summed E-state index contributed by atoms with van der Waals surface area (Å²) in [5.41, 5.74) is 0.937. The molecule has 2 nitrogen and oxygen atoms in total. The fourth-order valence-corrected chi connectivity index (χ4v) is 2.06. The summed E-state index contributed by atoms with van der Waals surface area (Å²) >= 11 is 11.9. The first-order valence-electron chi connectivity index (χ1n) is 5.53. The Labute approximate surface area is 159 Å². The van der Waals surface area contributed by atoms with Crippen molar-refractivity contribution in [1.82, 2.24) is 0 Å². The summed E-state index contributed by atoms with van der Waals surface area (Å²) in [6.07, 6.45) is 0. The van der Waals surface area contributed by atoms with Gasteiger partial charge in [-0.05, 0) is 23.1 Å². The molecule has 0 N–H and O–H groups in total. The molecule has 0 amide bonds. The average Bonchev–Trinajstić information content (AvgIpc) is 2.35. The Morgan fingerprint density at radius 2 is 1.84 bits per heavy atom. The van der Waals surface area contributed by atoms with E-state index in [4.69, 9.17) is 27.9 Å². The molecule has 1 aromatic carbocycles. The summed E-state index contributed by atoms with van der Waals surface area (Å²) < 4.78 is 5.25. The molecule has 0 saturated carbocycles. The van der Waals surface area contributed by atoms with Crippen molar-refractivity contribution in [3.63, 3.8) is 0 Å². The molecule has 105 valence electrons. The van der Waals surface area contributed by atoms with Crippen LogP contribution in [0.5, 0.6) is 0 Å². The van der Waals surface area contributed by atoms with Crippen LogP contribution in [0, 0.1) is 41.3 Å². The van der Waals surface area contributed by atoms with Gasteiger partial charge in [0.25, 0.3) is 0 Å². The van der Waals surface area contributed by atoms with Crippen LogP contribution in [-0.2, 0) is 10.2 Å². The number of hydrogen-bond donors (Lipinski definition) is 0. The third-order valence-corrected chi connectivity index (χ3v) is 3.33. The molecule has 0 aliphatic rings. The molecule has 0 aliphatic heterocycles. The smallest absolute Gasteiger partial charge is 0.0595 e. The third kappa shape index (κ3) is 6.88. The number of methoxy groups -OCH3 is 1. The van der Waals surface area contributed by atoms with E-state index in [1.807, 2.05) is 18.2 Å². The van der Waals surface area contributed by atoms with E-state index in [1.165, 1.54) is 0 Å². The summed E-state index contributed by atoms with van der Waals surface area (Å²) in [6, 6.07) is 5.66. The minimum Gasteiger partial charge on any atom is -0.664 e. The van der Waals surface area contributed by atoms with Crippen molar-refractivity contribution in [2.24, 2.45) is 0 Å². The van der Waals surface area contributed by atoms with Crippen LogP contribution >= 0.6 is 23.2 Å². The number of benzene rings is 1. The molecule has 0 saturated heterocycles. The third-order valence-electron chi connectivity index (χ3n) is 2.59. The predicted molar refractivity (Wildman–Crippen MR) is 81.1 cm³/mol. The maximum atomic E-state index is 6.02. The number of likely N-dealkylation sites (N-methyl/N-ethyl adjacent to an activating group) is 1. The van der Waals surface area contributed by atoms with Crippen LogP contribution in [-0.4, -0.2) is 27.3 Å². The predicted octanol–water partition coefficient (Wildman–Crippen LogP) is 4.70. The maximum absolute atomic E-state index is 6.02. The molecule has 0 bridgehead atoms. The molecule has 0 heterocycles. The van der Waals surface area contributed by atoms with Gasteiger partial charge in [-0.25, -0.2) is 0 Å². The topological polar surface area (TPSA) is 23.3 Å². The fourth-order valence-electron chi connectivity index (χ4n) is 1.76. The van der Waals surface area contributed by atoms with Crippen LogP contribution in [0.1, 0.15) is 12.5 Å². The van der Waals surface area contributed by atoms with E-state index >= 15 is 0 Å². The Bertz CT molecular complexity index is 368. The molecule has 1 radical (unpaired) electrons. The van der Waals surface area contributed by atoms with Crippen molar-refractivity contribution in [2.75, 3.05) is 27.3 Å². The van der Waals surface area contributed by atoms with Crippen LogP contribution in [0.15, 0.2) is 31.4 Å². The summed E-state index contributed by atoms with van der Waals surface area (Å²) in [7, 11) is 3.48. The summed E-state index contributed by atoms with van der Waals surface area (Å²) in [5.74, 6) is 0. The minimum absolute atomic E-state index is 0. The summed E-state index contributed by atoms with van der Waals surface area (Å²) in [5, 5.41) is 5.33. The molecular formula is C14H20Cl2NOPr-. The number of halogens is 2. The van der Waals surface area contributed by atoms with Crippen LogP contribution in [0.25, 0.3) is 5.32 Å². The largest absolute Gasteiger partial charge is 0.664 e. The van der Waals surface area contributed by atoms with Gasteiger partial charge in [0.1, 0.15) is 0 Å². The summed E-state index contributed by atoms with van der Waals surface area (Å²) in [6.45, 7) is 9.39. The van der Waals surface area contributed by atoms with Gasteiger partial charge in [-0.1, -0.05) is 36.2 Å². The molecule has 1 aromatic rings. The maximum Gasteiger partial charge on any atom is 0.0595 e. The van der Waals surface area contributed by atoms with E-state index in [-0.39, 0.29) is 46.7 Å². The van der Waals surface area contributed by atoms with E-state index in [2.05, 4.69) is 25.4 Å². The van der Waals surface area contributed by atoms with Gasteiger partial charge < -0.3 is 10.1 Å². The van der Waals surface area contributed by atoms with E-state index in [9.17, 15) is 0 Å². The van der Waals surface area contributed by atoms with Gasteiger partial charge in [0.05, 0.1) is 16.7 Å². The Morgan fingerprint density at radius 3 is 2.26 bits per heavy atom. The average molecular weight is 430 g/mol. The van der Waals surface area contributed by atoms with Gasteiger partial charge in [0, 0.05) is 48.4 Å². The van der Waals surface area contributed by atoms with Crippen molar-refractivity contribution in [3.05, 3.63) is 52.3 Å². The first kappa shape index (κ1) is 22.1. The van der Waals surface area contributed by atoms with Gasteiger partial charge in [0.15, 0.2) is 0 Å². The van der Waals surface area contributed by atoms with Gasteiger partial charge in [-0.2, -0.15) is 7.05 Å². The van der Waals surface area contributed by atoms with E-state index < -0.39 is 0 Å². The molecule has 1 rings (SSSR count). The zero-order valence-electron chi connectivity index (χ0n) is 11.7. The molecule has 19 heavy (non-hydrogen) atoms. The fraction of sp³-hybridized carbons (Fsp3) is 0.429. The molecular weight excluding hydrogens is 410 g/mol. The second kappa shape index (κ2) is 11.5. The zero-order valence-corrected chi connectivity index (χ0v) is 17.0. The molecule has 1 atom stereocenters. The SMILES string of the molecule is C=C.C[N-]CC(C)(COC)c1ccc(Cl)c(Cl)c1.[Pr]. The number of hydrogen-bond acceptors (Lipinski definition) is 1. The van der Waals surface area contributed by atoms with Crippen molar-refractivity contribution in [1.29, 1.82) is 0 Å². The normalized spacial score (nSPS) is 12.7. The van der Waals surface area contributed by atoms with Gasteiger partial charge >= 0.3 is 0 Å². The number of nitrogens with zero attached hydrogens (tertiary/aromatic N) is 1. The number of rotatable bonds is 5. The van der Waals surface area contributed by atoms with E-state index in [0.29, 0.717) is 23.2 Å². The van der Waals surface area contributed by atoms with Crippen molar-refractivity contribution < 1.29 is 46.0 Å². The Morgan fingerprint density at radius 1 is 1.26 bits per heavy atom. The molecule has 0 aromatic heterocycles. The monoisotopic (exact) mass is 429 g/mol. The van der Waals surface area contributed by atoms with Gasteiger partial charge in [0.2, 0.25) is 0 Å². The van der Waals surface area contributed by atoms with Crippen LogP contribution in [0.3, 0.4) is 0 Å². The quantitative estimate of drug-likeness (QED) is 0.622. The van der Waals surface area contributed by atoms with Gasteiger partial charge in [-0.15, -0.1) is 19.7 Å². The van der Waals surface area contributed by atoms with Crippen molar-refractivity contribution in [3.8, 4) is 0 Å². The molecule has 0 aliphatic carbocycles. The standard InChI is InChI=1S/C12H16Cl2NO.C2H4.Pr/c1-12(7-15-2,8-16-3)9-4-5-10(13)11(14)6-9;1-2;/h4-6H,7-8H2,1-3H3;1-2H2;/q-1;;. The van der Waals surface area contributed by atoms with Crippen LogP contribution in [0.4, 0.5) is 0 Å². The molecule has 0 spiro atoms. The first-order chi connectivity index (χ1) is 8.53. The zero-order chi connectivity index (χ0) is 14.2. The van der Waals surface area contributed by atoms with Crippen molar-refractivity contribution >= 4 is 23.2 Å². The molecule has 1 unspecified atom stereocenters. The first-order valence-corrected chi connectivity index (χ1v) is 6.29. The van der Waals surface area contributed by atoms with E-state index in [1.54, 1.807) is 14.2 Å². The molecule has 5 heteroatoms. The van der Waals surface area contributed by atoms with E-state index in [0.717, 1.165) is 5.56 Å². The number of ether oxygens (including phenoxy) is 1. The Hall–Kier alpha value is 0.824. The summed E-state index contributed by atoms with van der Waals surface area (Å²) in [4.78, 5) is 0. The van der Waals surface area contributed by atoms with Crippen LogP contribution in [0.2, 0.25) is 10.0 Å². The second-order valence-electron chi connectivity index (χ2n) is 4.10. The second-order valence-corrected chi connectivity index (χ2v) is 4.91. The Kier molecular flexibility index (Phi) is 13.4. The van der Waals surface area contributed by atoms with Gasteiger partial charge in [-0.3, -0.25) is 0 Å². The molecule has 0 fully saturated rings. The van der Waals surface area contributed by atoms with Crippen molar-refractivity contribution in [2.45, 2.75) is 12.3 Å². The van der Waals surface area contributed by atoms with Crippen LogP contribution < -0.4 is 0 Å². The Balaban J connectivity index is 0. The minimum atomic E-state index is -0.155.